The van der Waals surface area contributed by atoms with Gasteiger partial charge in [0, 0.05) is 16.7 Å². The Hall–Kier alpha value is -5.92. The first-order valence-electron chi connectivity index (χ1n) is 23.6. The van der Waals surface area contributed by atoms with E-state index in [0.717, 1.165) is 74.1 Å². The molecule has 7 aromatic rings. The summed E-state index contributed by atoms with van der Waals surface area (Å²) in [6.07, 6.45) is 17.0. The third-order valence-corrected chi connectivity index (χ3v) is 16.9. The highest BCUT2D eigenvalue weighted by molar-refractivity contribution is 5.98. The minimum Gasteiger partial charge on any atom is -0.208 e. The van der Waals surface area contributed by atoms with Gasteiger partial charge in [0.25, 0.3) is 0 Å². The SMILES string of the molecule is N#Cc1ccc2cccc(-c3cccc(-c4nc(-c5ccc(-c6ccc(C78CC9CC(CC(C9)C7)C8)cc6)cc5)nc(-c5ccc(C67CC8CC(CC(C8)C6)C7)cc5)n4)c3)c2c1. The first-order valence-corrected chi connectivity index (χ1v) is 23.6. The van der Waals surface area contributed by atoms with Gasteiger partial charge in [-0.15, -0.1) is 0 Å². The summed E-state index contributed by atoms with van der Waals surface area (Å²) in [5, 5.41) is 11.9. The first kappa shape index (κ1) is 36.7. The maximum atomic E-state index is 9.71. The molecule has 0 unspecified atom stereocenters. The lowest BCUT2D eigenvalue weighted by Crippen LogP contribution is -2.48. The number of nitriles is 1. The first-order chi connectivity index (χ1) is 30.4. The fraction of sp³-hybridized carbons (Fsp3) is 0.345. The number of hydrogen-bond donors (Lipinski definition) is 0. The molecule has 0 saturated heterocycles. The minimum absolute atomic E-state index is 0.343. The lowest BCUT2D eigenvalue weighted by Gasteiger charge is -2.57. The Morgan fingerprint density at radius 3 is 1.32 bits per heavy atom. The Balaban J connectivity index is 0.855. The van der Waals surface area contributed by atoms with Crippen LogP contribution < -0.4 is 0 Å². The molecule has 304 valence electrons. The molecule has 0 amide bonds. The third-order valence-electron chi connectivity index (χ3n) is 16.9. The molecule has 8 bridgehead atoms. The number of aromatic nitrogens is 3. The van der Waals surface area contributed by atoms with E-state index in [0.29, 0.717) is 33.9 Å². The molecule has 0 radical (unpaired) electrons. The van der Waals surface area contributed by atoms with Crippen molar-refractivity contribution in [2.24, 2.45) is 35.5 Å². The third kappa shape index (κ3) is 6.18. The predicted octanol–water partition coefficient (Wildman–Crippen LogP) is 14.2. The molecule has 62 heavy (non-hydrogen) atoms. The van der Waals surface area contributed by atoms with Gasteiger partial charge in [-0.05, 0) is 186 Å². The van der Waals surface area contributed by atoms with Crippen molar-refractivity contribution in [2.75, 3.05) is 0 Å². The van der Waals surface area contributed by atoms with Gasteiger partial charge in [-0.25, -0.2) is 15.0 Å². The molecule has 1 aromatic heterocycles. The molecule has 4 heteroatoms. The maximum absolute atomic E-state index is 9.71. The van der Waals surface area contributed by atoms with Crippen LogP contribution in [-0.2, 0) is 10.8 Å². The zero-order chi connectivity index (χ0) is 41.0. The van der Waals surface area contributed by atoms with E-state index in [1.807, 2.05) is 18.2 Å². The molecule has 0 N–H and O–H groups in total. The van der Waals surface area contributed by atoms with E-state index in [4.69, 9.17) is 15.0 Å². The predicted molar refractivity (Wildman–Crippen MR) is 249 cm³/mol. The number of nitrogens with zero attached hydrogens (tertiary/aromatic N) is 4. The normalized spacial score (nSPS) is 29.0. The van der Waals surface area contributed by atoms with E-state index in [2.05, 4.69) is 121 Å². The molecule has 8 fully saturated rings. The van der Waals surface area contributed by atoms with Crippen molar-refractivity contribution in [3.05, 3.63) is 150 Å². The summed E-state index contributed by atoms with van der Waals surface area (Å²) in [6.45, 7) is 0. The summed E-state index contributed by atoms with van der Waals surface area (Å²) >= 11 is 0. The fourth-order valence-electron chi connectivity index (χ4n) is 14.9. The van der Waals surface area contributed by atoms with E-state index in [1.54, 1.807) is 5.56 Å². The maximum Gasteiger partial charge on any atom is 0.164 e. The van der Waals surface area contributed by atoms with Crippen LogP contribution in [0.4, 0.5) is 0 Å². The van der Waals surface area contributed by atoms with Crippen LogP contribution in [0.5, 0.6) is 0 Å². The van der Waals surface area contributed by atoms with E-state index >= 15 is 0 Å². The van der Waals surface area contributed by atoms with Crippen LogP contribution in [0, 0.1) is 46.8 Å². The summed E-state index contributed by atoms with van der Waals surface area (Å²) in [4.78, 5) is 15.6. The Morgan fingerprint density at radius 1 is 0.403 bits per heavy atom. The van der Waals surface area contributed by atoms with Crippen LogP contribution in [0.15, 0.2) is 133 Å². The molecular weight excluding hydrogens is 753 g/mol. The van der Waals surface area contributed by atoms with Gasteiger partial charge < -0.3 is 0 Å². The lowest BCUT2D eigenvalue weighted by molar-refractivity contribution is -0.00530. The molecule has 8 aliphatic carbocycles. The summed E-state index contributed by atoms with van der Waals surface area (Å²) < 4.78 is 0. The molecule has 1 heterocycles. The van der Waals surface area contributed by atoms with Gasteiger partial charge in [-0.2, -0.15) is 5.26 Å². The number of benzene rings is 6. The van der Waals surface area contributed by atoms with Crippen molar-refractivity contribution < 1.29 is 0 Å². The second kappa shape index (κ2) is 14.0. The Morgan fingerprint density at radius 2 is 0.823 bits per heavy atom. The Labute approximate surface area is 365 Å². The van der Waals surface area contributed by atoms with Gasteiger partial charge in [-0.3, -0.25) is 0 Å². The van der Waals surface area contributed by atoms with Gasteiger partial charge in [0.2, 0.25) is 0 Å². The minimum atomic E-state index is 0.343. The van der Waals surface area contributed by atoms with Gasteiger partial charge in [0.15, 0.2) is 17.5 Å². The molecular formula is C58H52N4. The topological polar surface area (TPSA) is 62.5 Å². The van der Waals surface area contributed by atoms with Crippen LogP contribution in [0.1, 0.15) is 93.7 Å². The van der Waals surface area contributed by atoms with Crippen molar-refractivity contribution in [3.63, 3.8) is 0 Å². The monoisotopic (exact) mass is 804 g/mol. The van der Waals surface area contributed by atoms with Crippen molar-refractivity contribution in [3.8, 4) is 62.5 Å². The number of hydrogen-bond acceptors (Lipinski definition) is 4. The van der Waals surface area contributed by atoms with E-state index in [-0.39, 0.29) is 0 Å². The Kier molecular flexibility index (Phi) is 8.32. The second-order valence-corrected chi connectivity index (χ2v) is 20.9. The highest BCUT2D eigenvalue weighted by Gasteiger charge is 2.52. The van der Waals surface area contributed by atoms with Crippen LogP contribution in [0.3, 0.4) is 0 Å². The lowest BCUT2D eigenvalue weighted by atomic mass is 9.48. The van der Waals surface area contributed by atoms with Crippen molar-refractivity contribution in [1.29, 1.82) is 5.26 Å². The summed E-state index contributed by atoms with van der Waals surface area (Å²) in [6, 6.07) is 50.8. The van der Waals surface area contributed by atoms with E-state index in [9.17, 15) is 5.26 Å². The van der Waals surface area contributed by atoms with Gasteiger partial charge in [-0.1, -0.05) is 115 Å². The smallest absolute Gasteiger partial charge is 0.164 e. The van der Waals surface area contributed by atoms with Crippen molar-refractivity contribution in [2.45, 2.75) is 87.9 Å². The molecule has 0 aliphatic heterocycles. The average Bonchev–Trinajstić information content (AvgIpc) is 3.30. The number of fused-ring (bicyclic) bond motifs is 1. The molecule has 0 atom stereocenters. The second-order valence-electron chi connectivity index (χ2n) is 20.9. The molecule has 6 aromatic carbocycles. The number of rotatable bonds is 7. The summed E-state index contributed by atoms with van der Waals surface area (Å²) in [5.74, 6) is 7.58. The standard InChI is InChI=1S/C58H52N4/c59-35-36-7-8-45-3-2-6-52(53(45)27-36)48-4-1-5-49(28-48)56-61-54(60-55(62-56)47-15-19-51(20-16-47)58-32-40-24-41(33-58)26-42(25-40)34-58)46-11-9-43(10-12-46)44-13-17-50(18-14-44)57-29-37-21-38(30-57)23-39(22-37)31-57/h1-20,27-28,37-42H,21-26,29-34H2. The highest BCUT2D eigenvalue weighted by Crippen LogP contribution is 2.62. The largest absolute Gasteiger partial charge is 0.208 e. The van der Waals surface area contributed by atoms with Crippen LogP contribution in [-0.4, -0.2) is 15.0 Å². The zero-order valence-corrected chi connectivity index (χ0v) is 35.4. The van der Waals surface area contributed by atoms with E-state index < -0.39 is 0 Å². The van der Waals surface area contributed by atoms with Gasteiger partial charge in [0.05, 0.1) is 11.6 Å². The molecule has 8 aliphatic rings. The highest BCUT2D eigenvalue weighted by atomic mass is 15.0. The molecule has 0 spiro atoms. The van der Waals surface area contributed by atoms with Gasteiger partial charge in [0.1, 0.15) is 0 Å². The summed E-state index contributed by atoms with van der Waals surface area (Å²) in [5.41, 5.74) is 12.0. The molecule has 4 nitrogen and oxygen atoms in total. The fourth-order valence-corrected chi connectivity index (χ4v) is 14.9. The Bertz CT molecular complexity index is 2850. The van der Waals surface area contributed by atoms with Crippen molar-refractivity contribution in [1.82, 2.24) is 15.0 Å². The summed E-state index contributed by atoms with van der Waals surface area (Å²) in [7, 11) is 0. The van der Waals surface area contributed by atoms with Crippen LogP contribution in [0.25, 0.3) is 67.2 Å². The quantitative estimate of drug-likeness (QED) is 0.161. The van der Waals surface area contributed by atoms with Gasteiger partial charge >= 0.3 is 0 Å². The van der Waals surface area contributed by atoms with E-state index in [1.165, 1.54) is 93.7 Å². The van der Waals surface area contributed by atoms with Crippen LogP contribution in [0.2, 0.25) is 0 Å². The van der Waals surface area contributed by atoms with Crippen molar-refractivity contribution >= 4 is 10.8 Å². The molecule has 15 rings (SSSR count). The zero-order valence-electron chi connectivity index (χ0n) is 35.4. The average molecular weight is 805 g/mol. The van der Waals surface area contributed by atoms with Crippen LogP contribution >= 0.6 is 0 Å². The molecule has 8 saturated carbocycles.